The molecule has 1 aromatic heterocycles. The molecule has 3 aromatic rings. The first-order chi connectivity index (χ1) is 13.0. The van der Waals surface area contributed by atoms with Crippen LogP contribution in [-0.4, -0.2) is 38.5 Å². The maximum atomic E-state index is 11.2. The summed E-state index contributed by atoms with van der Waals surface area (Å²) < 4.78 is 7.26. The van der Waals surface area contributed by atoms with Gasteiger partial charge in [0.05, 0.1) is 17.3 Å². The number of halogens is 2. The molecular weight excluding hydrogens is 409 g/mol. The Hall–Kier alpha value is -2.29. The van der Waals surface area contributed by atoms with E-state index in [0.717, 1.165) is 5.69 Å². The molecule has 27 heavy (non-hydrogen) atoms. The number of tetrazole rings is 1. The monoisotopic (exact) mass is 423 g/mol. The summed E-state index contributed by atoms with van der Waals surface area (Å²) in [4.78, 5) is 11.2. The predicted molar refractivity (Wildman–Crippen MR) is 106 cm³/mol. The molecule has 0 saturated heterocycles. The number of benzene rings is 2. The predicted octanol–water partition coefficient (Wildman–Crippen LogP) is 4.10. The molecule has 0 fully saturated rings. The number of rotatable bonds is 7. The molecule has 0 aliphatic rings. The van der Waals surface area contributed by atoms with Crippen molar-refractivity contribution in [2.24, 2.45) is 0 Å². The third-order valence-electron chi connectivity index (χ3n) is 3.32. The van der Waals surface area contributed by atoms with E-state index in [9.17, 15) is 4.79 Å². The number of ether oxygens (including phenoxy) is 1. The lowest BCUT2D eigenvalue weighted by Gasteiger charge is -2.09. The second-order valence-electron chi connectivity index (χ2n) is 5.38. The highest BCUT2D eigenvalue weighted by Crippen LogP contribution is 2.28. The molecule has 2 aromatic carbocycles. The molecule has 140 valence electrons. The summed E-state index contributed by atoms with van der Waals surface area (Å²) in [6, 6.07) is 12.3. The van der Waals surface area contributed by atoms with Gasteiger partial charge in [0.1, 0.15) is 5.75 Å². The van der Waals surface area contributed by atoms with Gasteiger partial charge in [-0.2, -0.15) is 4.68 Å². The van der Waals surface area contributed by atoms with Crippen LogP contribution in [0, 0.1) is 0 Å². The summed E-state index contributed by atoms with van der Waals surface area (Å²) in [6.45, 7) is 1.86. The normalized spacial score (nSPS) is 10.6. The molecule has 0 radical (unpaired) electrons. The van der Waals surface area contributed by atoms with Crippen LogP contribution >= 0.6 is 35.0 Å². The molecule has 0 unspecified atom stereocenters. The third kappa shape index (κ3) is 5.35. The number of nitrogens with zero attached hydrogens (tertiary/aromatic N) is 4. The van der Waals surface area contributed by atoms with Crippen LogP contribution in [-0.2, 0) is 4.79 Å². The maximum Gasteiger partial charge on any atom is 0.221 e. The quantitative estimate of drug-likeness (QED) is 0.454. The van der Waals surface area contributed by atoms with E-state index in [4.69, 9.17) is 27.9 Å². The Morgan fingerprint density at radius 2 is 2.11 bits per heavy atom. The fourth-order valence-electron chi connectivity index (χ4n) is 2.22. The van der Waals surface area contributed by atoms with Gasteiger partial charge in [-0.3, -0.25) is 4.79 Å². The summed E-state index contributed by atoms with van der Waals surface area (Å²) in [5.74, 6) is 0.997. The smallest absolute Gasteiger partial charge is 0.221 e. The lowest BCUT2D eigenvalue weighted by molar-refractivity contribution is -0.114. The number of amides is 1. The molecule has 0 saturated carbocycles. The number of carbonyl (C=O) groups is 1. The number of aromatic nitrogens is 4. The highest BCUT2D eigenvalue weighted by Gasteiger charge is 2.10. The molecule has 0 atom stereocenters. The molecule has 0 aliphatic heterocycles. The van der Waals surface area contributed by atoms with E-state index in [2.05, 4.69) is 20.8 Å². The Bertz CT molecular complexity index is 951. The molecule has 0 spiro atoms. The van der Waals surface area contributed by atoms with Crippen LogP contribution in [0.2, 0.25) is 10.0 Å². The first-order valence-corrected chi connectivity index (χ1v) is 9.64. The van der Waals surface area contributed by atoms with Crippen molar-refractivity contribution in [3.8, 4) is 11.4 Å². The van der Waals surface area contributed by atoms with E-state index in [-0.39, 0.29) is 5.91 Å². The minimum absolute atomic E-state index is 0.143. The molecule has 10 heteroatoms. The van der Waals surface area contributed by atoms with Gasteiger partial charge in [0.25, 0.3) is 0 Å². The Morgan fingerprint density at radius 3 is 2.93 bits per heavy atom. The molecule has 7 nitrogen and oxygen atoms in total. The fraction of sp³-hybridized carbons (Fsp3) is 0.176. The van der Waals surface area contributed by atoms with E-state index in [1.807, 2.05) is 12.1 Å². The van der Waals surface area contributed by atoms with Crippen LogP contribution in [0.3, 0.4) is 0 Å². The van der Waals surface area contributed by atoms with Gasteiger partial charge in [-0.05, 0) is 40.8 Å². The standard InChI is InChI=1S/C17H15Cl2N5O2S/c1-11(25)20-13-3-2-4-14(10-13)24-17(21-22-23-24)27-8-7-26-16-9-12(18)5-6-15(16)19/h2-6,9-10H,7-8H2,1H3,(H,20,25). The Labute approximate surface area is 170 Å². The second-order valence-corrected chi connectivity index (χ2v) is 7.28. The molecule has 1 amide bonds. The maximum absolute atomic E-state index is 11.2. The van der Waals surface area contributed by atoms with Gasteiger partial charge in [0.2, 0.25) is 11.1 Å². The van der Waals surface area contributed by atoms with Crippen LogP contribution in [0.5, 0.6) is 5.75 Å². The Kier molecular flexibility index (Phi) is 6.54. The Morgan fingerprint density at radius 1 is 1.26 bits per heavy atom. The van der Waals surface area contributed by atoms with Crippen molar-refractivity contribution in [3.63, 3.8) is 0 Å². The highest BCUT2D eigenvalue weighted by atomic mass is 35.5. The van der Waals surface area contributed by atoms with Crippen LogP contribution in [0.25, 0.3) is 5.69 Å². The molecule has 1 heterocycles. The Balaban J connectivity index is 1.62. The number of hydrogen-bond acceptors (Lipinski definition) is 6. The van der Waals surface area contributed by atoms with Crippen molar-refractivity contribution in [2.45, 2.75) is 12.1 Å². The van der Waals surface area contributed by atoms with Crippen molar-refractivity contribution in [2.75, 3.05) is 17.7 Å². The first-order valence-electron chi connectivity index (χ1n) is 7.90. The third-order valence-corrected chi connectivity index (χ3v) is 4.75. The number of nitrogens with one attached hydrogen (secondary N) is 1. The zero-order valence-corrected chi connectivity index (χ0v) is 16.6. The van der Waals surface area contributed by atoms with E-state index in [1.54, 1.807) is 35.0 Å². The van der Waals surface area contributed by atoms with Crippen LogP contribution in [0.15, 0.2) is 47.6 Å². The number of carbonyl (C=O) groups excluding carboxylic acids is 1. The molecule has 1 N–H and O–H groups in total. The van der Waals surface area contributed by atoms with E-state index in [0.29, 0.717) is 39.0 Å². The van der Waals surface area contributed by atoms with E-state index < -0.39 is 0 Å². The first kappa shape index (κ1) is 19.5. The minimum Gasteiger partial charge on any atom is -0.491 e. The van der Waals surface area contributed by atoms with Crippen LogP contribution in [0.1, 0.15) is 6.92 Å². The summed E-state index contributed by atoms with van der Waals surface area (Å²) in [5, 5.41) is 16.2. The zero-order valence-electron chi connectivity index (χ0n) is 14.2. The van der Waals surface area contributed by atoms with Gasteiger partial charge in [-0.1, -0.05) is 41.0 Å². The molecule has 3 rings (SSSR count). The van der Waals surface area contributed by atoms with Gasteiger partial charge in [-0.15, -0.1) is 5.10 Å². The largest absolute Gasteiger partial charge is 0.491 e. The van der Waals surface area contributed by atoms with Gasteiger partial charge in [0.15, 0.2) is 0 Å². The van der Waals surface area contributed by atoms with Gasteiger partial charge in [0, 0.05) is 29.5 Å². The summed E-state index contributed by atoms with van der Waals surface area (Å²) in [6.07, 6.45) is 0. The number of anilines is 1. The van der Waals surface area contributed by atoms with E-state index in [1.165, 1.54) is 18.7 Å². The molecule has 0 aliphatic carbocycles. The SMILES string of the molecule is CC(=O)Nc1cccc(-n2nnnc2SCCOc2cc(Cl)ccc2Cl)c1. The summed E-state index contributed by atoms with van der Waals surface area (Å²) >= 11 is 13.5. The lowest BCUT2D eigenvalue weighted by atomic mass is 10.3. The van der Waals surface area contributed by atoms with Gasteiger partial charge < -0.3 is 10.1 Å². The van der Waals surface area contributed by atoms with Crippen molar-refractivity contribution in [3.05, 3.63) is 52.5 Å². The average Bonchev–Trinajstić information content (AvgIpc) is 3.10. The summed E-state index contributed by atoms with van der Waals surface area (Å²) in [5.41, 5.74) is 1.41. The number of hydrogen-bond donors (Lipinski definition) is 1. The van der Waals surface area contributed by atoms with Crippen molar-refractivity contribution >= 4 is 46.6 Å². The average molecular weight is 424 g/mol. The van der Waals surface area contributed by atoms with Crippen LogP contribution in [0.4, 0.5) is 5.69 Å². The van der Waals surface area contributed by atoms with Crippen molar-refractivity contribution in [1.29, 1.82) is 0 Å². The number of thioether (sulfide) groups is 1. The lowest BCUT2D eigenvalue weighted by Crippen LogP contribution is -2.07. The zero-order chi connectivity index (χ0) is 19.2. The van der Waals surface area contributed by atoms with E-state index >= 15 is 0 Å². The molecular formula is C17H15Cl2N5O2S. The summed E-state index contributed by atoms with van der Waals surface area (Å²) in [7, 11) is 0. The topological polar surface area (TPSA) is 81.9 Å². The van der Waals surface area contributed by atoms with Gasteiger partial charge in [-0.25, -0.2) is 0 Å². The van der Waals surface area contributed by atoms with Crippen molar-refractivity contribution in [1.82, 2.24) is 20.2 Å². The van der Waals surface area contributed by atoms with Crippen molar-refractivity contribution < 1.29 is 9.53 Å². The fourth-order valence-corrected chi connectivity index (χ4v) is 3.26. The van der Waals surface area contributed by atoms with Crippen LogP contribution < -0.4 is 10.1 Å². The minimum atomic E-state index is -0.143. The second kappa shape index (κ2) is 9.07. The highest BCUT2D eigenvalue weighted by molar-refractivity contribution is 7.99. The molecule has 0 bridgehead atoms. The van der Waals surface area contributed by atoms with Gasteiger partial charge >= 0.3 is 0 Å².